The van der Waals surface area contributed by atoms with E-state index in [1.165, 1.54) is 0 Å². The minimum atomic E-state index is -0.830. The van der Waals surface area contributed by atoms with Crippen LogP contribution in [-0.2, 0) is 28.4 Å². The summed E-state index contributed by atoms with van der Waals surface area (Å²) in [5.74, 6) is 2.32. The highest BCUT2D eigenvalue weighted by Crippen LogP contribution is 2.40. The Kier molecular flexibility index (Phi) is 11.4. The topological polar surface area (TPSA) is 94.1 Å². The largest absolute Gasteiger partial charge is 0.452 e. The van der Waals surface area contributed by atoms with Gasteiger partial charge in [0, 0.05) is 6.61 Å². The Balaban J connectivity index is 1.73. The van der Waals surface area contributed by atoms with Crippen LogP contribution < -0.4 is 9.47 Å². The van der Waals surface area contributed by atoms with Crippen molar-refractivity contribution in [3.8, 4) is 11.5 Å². The van der Waals surface area contributed by atoms with Crippen LogP contribution in [0.5, 0.6) is 11.5 Å². The molecular weight excluding hydrogens is 432 g/mol. The smallest absolute Gasteiger partial charge is 0.176 e. The summed E-state index contributed by atoms with van der Waals surface area (Å²) in [7, 11) is 0. The summed E-state index contributed by atoms with van der Waals surface area (Å²) in [6.07, 6.45) is 1.09. The molecule has 0 radical (unpaired) electrons. The minimum absolute atomic E-state index is 0.0460. The van der Waals surface area contributed by atoms with E-state index in [-0.39, 0.29) is 13.2 Å². The van der Waals surface area contributed by atoms with E-state index in [0.29, 0.717) is 102 Å². The number of ether oxygens (including phenoxy) is 8. The van der Waals surface area contributed by atoms with E-state index >= 15 is 0 Å². The molecule has 0 amide bonds. The molecule has 0 bridgehead atoms. The zero-order valence-corrected chi connectivity index (χ0v) is 19.4. The maximum Gasteiger partial charge on any atom is 0.176 e. The lowest BCUT2D eigenvalue weighted by atomic mass is 9.95. The fourth-order valence-corrected chi connectivity index (χ4v) is 3.50. The average Bonchev–Trinajstić information content (AvgIpc) is 2.83. The Bertz CT molecular complexity index is 724. The van der Waals surface area contributed by atoms with Crippen molar-refractivity contribution in [1.29, 1.82) is 0 Å². The number of aliphatic hydroxyl groups is 1. The van der Waals surface area contributed by atoms with Gasteiger partial charge >= 0.3 is 0 Å². The second-order valence-electron chi connectivity index (χ2n) is 7.81. The third-order valence-corrected chi connectivity index (χ3v) is 5.21. The number of benzene rings is 1. The lowest BCUT2D eigenvalue weighted by Gasteiger charge is -2.36. The Morgan fingerprint density at radius 1 is 0.727 bits per heavy atom. The second-order valence-corrected chi connectivity index (χ2v) is 7.81. The summed E-state index contributed by atoms with van der Waals surface area (Å²) >= 11 is 0. The monoisotopic (exact) mass is 468 g/mol. The standard InChI is InChI=1S/C24H36O9/c1-24(7-4-8-25)23-22(32-20-5-2-3-6-21(20)33-23)19-30-16-15-28-12-11-26-9-10-27-13-14-29-17-18-31-24/h2-3,5-6,25H,4,7-19H2,1H3. The van der Waals surface area contributed by atoms with Gasteiger partial charge in [-0.25, -0.2) is 0 Å². The number of hydrogen-bond acceptors (Lipinski definition) is 9. The van der Waals surface area contributed by atoms with Gasteiger partial charge in [-0.05, 0) is 31.9 Å². The molecule has 1 atom stereocenters. The molecule has 0 saturated carbocycles. The van der Waals surface area contributed by atoms with Gasteiger partial charge in [-0.2, -0.15) is 0 Å². The first-order valence-corrected chi connectivity index (χ1v) is 11.5. The van der Waals surface area contributed by atoms with E-state index < -0.39 is 5.60 Å². The van der Waals surface area contributed by atoms with Gasteiger partial charge < -0.3 is 43.0 Å². The second kappa shape index (κ2) is 14.5. The fourth-order valence-electron chi connectivity index (χ4n) is 3.50. The Labute approximate surface area is 195 Å². The number of aliphatic hydroxyl groups excluding tert-OH is 1. The third-order valence-electron chi connectivity index (χ3n) is 5.21. The molecule has 9 heteroatoms. The van der Waals surface area contributed by atoms with Gasteiger partial charge in [0.1, 0.15) is 12.2 Å². The first-order chi connectivity index (χ1) is 16.2. The first kappa shape index (κ1) is 25.9. The summed E-state index contributed by atoms with van der Waals surface area (Å²) in [5, 5.41) is 9.46. The van der Waals surface area contributed by atoms with Crippen LogP contribution in [0.1, 0.15) is 19.8 Å². The van der Waals surface area contributed by atoms with Crippen molar-refractivity contribution < 1.29 is 43.0 Å². The van der Waals surface area contributed by atoms with Crippen LogP contribution in [0.2, 0.25) is 0 Å². The highest BCUT2D eigenvalue weighted by Gasteiger charge is 2.38. The summed E-state index contributed by atoms with van der Waals surface area (Å²) < 4.78 is 46.7. The molecule has 1 aromatic carbocycles. The highest BCUT2D eigenvalue weighted by molar-refractivity contribution is 5.45. The van der Waals surface area contributed by atoms with Crippen LogP contribution >= 0.6 is 0 Å². The van der Waals surface area contributed by atoms with E-state index in [9.17, 15) is 5.11 Å². The van der Waals surface area contributed by atoms with Gasteiger partial charge in [0.05, 0.1) is 66.1 Å². The van der Waals surface area contributed by atoms with E-state index in [1.807, 2.05) is 31.2 Å². The summed E-state index contributed by atoms with van der Waals surface area (Å²) in [6.45, 7) is 6.75. The normalized spacial score (nSPS) is 24.7. The maximum absolute atomic E-state index is 9.46. The van der Waals surface area contributed by atoms with E-state index in [2.05, 4.69) is 0 Å². The minimum Gasteiger partial charge on any atom is -0.452 e. The van der Waals surface area contributed by atoms with Crippen LogP contribution in [0.3, 0.4) is 0 Å². The van der Waals surface area contributed by atoms with E-state index in [4.69, 9.17) is 37.9 Å². The quantitative estimate of drug-likeness (QED) is 0.717. The van der Waals surface area contributed by atoms with Gasteiger partial charge in [0.15, 0.2) is 23.0 Å². The molecule has 0 aliphatic carbocycles. The number of para-hydroxylation sites is 2. The van der Waals surface area contributed by atoms with Crippen molar-refractivity contribution in [3.05, 3.63) is 35.8 Å². The molecule has 2 heterocycles. The summed E-state index contributed by atoms with van der Waals surface area (Å²) in [4.78, 5) is 0. The van der Waals surface area contributed by atoms with Gasteiger partial charge in [0.25, 0.3) is 0 Å². The van der Waals surface area contributed by atoms with Crippen molar-refractivity contribution in [1.82, 2.24) is 0 Å². The molecule has 1 aromatic rings. The maximum atomic E-state index is 9.46. The van der Waals surface area contributed by atoms with Crippen LogP contribution in [0, 0.1) is 0 Å². The predicted octanol–water partition coefficient (Wildman–Crippen LogP) is 2.31. The molecule has 9 nitrogen and oxygen atoms in total. The van der Waals surface area contributed by atoms with Gasteiger partial charge in [0.2, 0.25) is 0 Å². The SMILES string of the molecule is CC1(CCCO)OCCOCCOCCOCCOCCOCC2=C1Oc1ccccc1O2. The predicted molar refractivity (Wildman–Crippen MR) is 119 cm³/mol. The van der Waals surface area contributed by atoms with Gasteiger partial charge in [-0.15, -0.1) is 0 Å². The lowest BCUT2D eigenvalue weighted by Crippen LogP contribution is -2.39. The molecular formula is C24H36O9. The summed E-state index contributed by atoms with van der Waals surface area (Å²) in [5.41, 5.74) is -0.830. The number of fused-ring (bicyclic) bond motifs is 1. The van der Waals surface area contributed by atoms with Crippen LogP contribution in [0.25, 0.3) is 0 Å². The molecule has 2 aliphatic heterocycles. The molecule has 1 unspecified atom stereocenters. The molecule has 0 spiro atoms. The Morgan fingerprint density at radius 2 is 1.24 bits per heavy atom. The van der Waals surface area contributed by atoms with Crippen LogP contribution in [0.4, 0.5) is 0 Å². The summed E-state index contributed by atoms with van der Waals surface area (Å²) in [6, 6.07) is 7.47. The lowest BCUT2D eigenvalue weighted by molar-refractivity contribution is -0.0711. The van der Waals surface area contributed by atoms with Crippen LogP contribution in [-0.4, -0.2) is 90.0 Å². The molecule has 0 fully saturated rings. The molecule has 0 aromatic heterocycles. The fraction of sp³-hybridized carbons (Fsp3) is 0.667. The van der Waals surface area contributed by atoms with E-state index in [0.717, 1.165) is 0 Å². The van der Waals surface area contributed by atoms with Crippen molar-refractivity contribution in [2.45, 2.75) is 25.4 Å². The zero-order chi connectivity index (χ0) is 23.2. The molecule has 186 valence electrons. The van der Waals surface area contributed by atoms with Crippen LogP contribution in [0.15, 0.2) is 35.8 Å². The van der Waals surface area contributed by atoms with Crippen molar-refractivity contribution in [2.75, 3.05) is 79.3 Å². The van der Waals surface area contributed by atoms with Crippen molar-refractivity contribution >= 4 is 0 Å². The van der Waals surface area contributed by atoms with Crippen molar-refractivity contribution in [2.24, 2.45) is 0 Å². The number of hydrogen-bond donors (Lipinski definition) is 1. The average molecular weight is 469 g/mol. The van der Waals surface area contributed by atoms with Gasteiger partial charge in [-0.1, -0.05) is 12.1 Å². The van der Waals surface area contributed by atoms with Crippen molar-refractivity contribution in [3.63, 3.8) is 0 Å². The third kappa shape index (κ3) is 8.53. The number of rotatable bonds is 3. The molecule has 33 heavy (non-hydrogen) atoms. The first-order valence-electron chi connectivity index (χ1n) is 11.5. The molecule has 0 saturated heterocycles. The van der Waals surface area contributed by atoms with Gasteiger partial charge in [-0.3, -0.25) is 0 Å². The highest BCUT2D eigenvalue weighted by atomic mass is 16.6. The van der Waals surface area contributed by atoms with E-state index in [1.54, 1.807) is 0 Å². The Morgan fingerprint density at radius 3 is 1.82 bits per heavy atom. The Hall–Kier alpha value is -1.72. The molecule has 3 rings (SSSR count). The zero-order valence-electron chi connectivity index (χ0n) is 19.4. The molecule has 2 aliphatic rings. The molecule has 1 N–H and O–H groups in total.